The fraction of sp³-hybridized carbons (Fsp3) is 0.656. The molecule has 0 bridgehead atoms. The van der Waals surface area contributed by atoms with Crippen LogP contribution in [0.5, 0.6) is 0 Å². The summed E-state index contributed by atoms with van der Waals surface area (Å²) in [7, 11) is 0. The third-order valence-electron chi connectivity index (χ3n) is 11.3. The van der Waals surface area contributed by atoms with Crippen molar-refractivity contribution in [2.75, 3.05) is 13.2 Å². The average Bonchev–Trinajstić information content (AvgIpc) is 3.33. The summed E-state index contributed by atoms with van der Waals surface area (Å²) < 4.78 is 16.7. The number of carbonyl (C=O) groups excluding carboxylic acids is 3. The molecule has 0 saturated heterocycles. The van der Waals surface area contributed by atoms with E-state index in [1.54, 1.807) is 0 Å². The minimum atomic E-state index is -0.821. The van der Waals surface area contributed by atoms with E-state index in [0.29, 0.717) is 19.3 Å². The third kappa shape index (κ3) is 52.9. The minimum Gasteiger partial charge on any atom is -0.462 e. The molecule has 0 aromatic carbocycles. The fourth-order valence-corrected chi connectivity index (χ4v) is 7.11. The van der Waals surface area contributed by atoms with Crippen LogP contribution in [0.4, 0.5) is 0 Å². The van der Waals surface area contributed by atoms with Crippen LogP contribution in [-0.2, 0) is 28.6 Å². The summed E-state index contributed by atoms with van der Waals surface area (Å²) in [5.74, 6) is -1.03. The lowest BCUT2D eigenvalue weighted by atomic mass is 10.1. The number of hydrogen-bond acceptors (Lipinski definition) is 6. The number of carbonyl (C=O) groups is 3. The Morgan fingerprint density at radius 3 is 0.955 bits per heavy atom. The summed E-state index contributed by atoms with van der Waals surface area (Å²) in [6, 6.07) is 0. The molecule has 67 heavy (non-hydrogen) atoms. The molecule has 0 fully saturated rings. The molecule has 0 spiro atoms. The maximum absolute atomic E-state index is 12.8. The highest BCUT2D eigenvalue weighted by molar-refractivity contribution is 5.71. The lowest BCUT2D eigenvalue weighted by Gasteiger charge is -2.18. The molecule has 380 valence electrons. The molecule has 0 aromatic rings. The summed E-state index contributed by atoms with van der Waals surface area (Å²) in [5.41, 5.74) is 0. The van der Waals surface area contributed by atoms with Crippen molar-refractivity contribution in [1.82, 2.24) is 0 Å². The molecule has 0 radical (unpaired) electrons. The van der Waals surface area contributed by atoms with E-state index in [1.807, 2.05) is 6.08 Å². The Morgan fingerprint density at radius 1 is 0.299 bits per heavy atom. The van der Waals surface area contributed by atoms with Gasteiger partial charge in [0.2, 0.25) is 0 Å². The van der Waals surface area contributed by atoms with Gasteiger partial charge in [0.05, 0.1) is 0 Å². The SMILES string of the molecule is CCCCC/C=C\C/C=C\C/C=C\C/C=C\C/C=C\CCC(=O)OC[C@H](COC(=O)CCCCC/C=C\C/C=C\C/C=C\C/C=C\CCCCC)OC(=O)CCCCCCCCCCCCC. The molecule has 0 saturated carbocycles. The number of rotatable bonds is 48. The molecule has 0 rings (SSSR count). The van der Waals surface area contributed by atoms with Crippen LogP contribution in [0.25, 0.3) is 0 Å². The van der Waals surface area contributed by atoms with Crippen LogP contribution < -0.4 is 0 Å². The van der Waals surface area contributed by atoms with E-state index in [2.05, 4.69) is 124 Å². The number of unbranched alkanes of at least 4 members (excludes halogenated alkanes) is 19. The summed E-state index contributed by atoms with van der Waals surface area (Å²) in [5, 5.41) is 0. The van der Waals surface area contributed by atoms with Crippen LogP contribution in [-0.4, -0.2) is 37.2 Å². The smallest absolute Gasteiger partial charge is 0.306 e. The van der Waals surface area contributed by atoms with Crippen molar-refractivity contribution in [3.05, 3.63) is 109 Å². The summed E-state index contributed by atoms with van der Waals surface area (Å²) in [6.07, 6.45) is 73.7. The molecule has 6 nitrogen and oxygen atoms in total. The second-order valence-electron chi connectivity index (χ2n) is 17.8. The molecule has 6 heteroatoms. The monoisotopic (exact) mass is 929 g/mol. The largest absolute Gasteiger partial charge is 0.462 e. The highest BCUT2D eigenvalue weighted by atomic mass is 16.6. The van der Waals surface area contributed by atoms with Gasteiger partial charge < -0.3 is 14.2 Å². The van der Waals surface area contributed by atoms with E-state index in [1.165, 1.54) is 103 Å². The highest BCUT2D eigenvalue weighted by Crippen LogP contribution is 2.14. The maximum atomic E-state index is 12.8. The molecule has 0 N–H and O–H groups in total. The molecule has 0 heterocycles. The highest BCUT2D eigenvalue weighted by Gasteiger charge is 2.19. The van der Waals surface area contributed by atoms with Gasteiger partial charge in [-0.1, -0.05) is 226 Å². The van der Waals surface area contributed by atoms with Gasteiger partial charge in [-0.15, -0.1) is 0 Å². The minimum absolute atomic E-state index is 0.118. The Bertz CT molecular complexity index is 1390. The van der Waals surface area contributed by atoms with E-state index < -0.39 is 6.10 Å². The van der Waals surface area contributed by atoms with Crippen molar-refractivity contribution >= 4 is 17.9 Å². The fourth-order valence-electron chi connectivity index (χ4n) is 7.11. The third-order valence-corrected chi connectivity index (χ3v) is 11.3. The lowest BCUT2D eigenvalue weighted by molar-refractivity contribution is -0.166. The Labute approximate surface area is 412 Å². The Kier molecular flexibility index (Phi) is 51.5. The van der Waals surface area contributed by atoms with Gasteiger partial charge in [0.1, 0.15) is 13.2 Å². The predicted molar refractivity (Wildman–Crippen MR) is 288 cm³/mol. The van der Waals surface area contributed by atoms with Gasteiger partial charge >= 0.3 is 17.9 Å². The van der Waals surface area contributed by atoms with Crippen LogP contribution in [0.3, 0.4) is 0 Å². The van der Waals surface area contributed by atoms with Gasteiger partial charge in [0.15, 0.2) is 6.10 Å². The Balaban J connectivity index is 4.52. The van der Waals surface area contributed by atoms with Gasteiger partial charge in [0, 0.05) is 19.3 Å². The Morgan fingerprint density at radius 2 is 0.567 bits per heavy atom. The van der Waals surface area contributed by atoms with Crippen LogP contribution in [0, 0.1) is 0 Å². The molecule has 0 aromatic heterocycles. The molecular formula is C61H100O6. The summed E-state index contributed by atoms with van der Waals surface area (Å²) in [6.45, 7) is 6.47. The van der Waals surface area contributed by atoms with Crippen LogP contribution in [0.15, 0.2) is 109 Å². The van der Waals surface area contributed by atoms with Crippen molar-refractivity contribution in [1.29, 1.82) is 0 Å². The first-order chi connectivity index (χ1) is 33.0. The first kappa shape index (κ1) is 63.1. The van der Waals surface area contributed by atoms with Crippen LogP contribution in [0.2, 0.25) is 0 Å². The van der Waals surface area contributed by atoms with Crippen molar-refractivity contribution in [3.63, 3.8) is 0 Å². The Hall–Kier alpha value is -3.93. The van der Waals surface area contributed by atoms with Gasteiger partial charge in [-0.3, -0.25) is 14.4 Å². The molecule has 1 atom stereocenters. The standard InChI is InChI=1S/C61H100O6/c1-4-7-10-13-16-19-22-24-26-28-30-32-34-36-39-41-44-47-50-53-59(62)65-56-58(67-61(64)55-52-49-46-43-38-21-18-15-12-9-6-3)57-66-60(63)54-51-48-45-42-40-37-35-33-31-29-27-25-23-20-17-14-11-8-5-2/h16-17,19-20,24-27,30-33,36-37,39-40,44,47,58H,4-15,18,21-23,28-29,34-35,38,41-43,45-46,48-57H2,1-3H3/b19-16-,20-17-,26-24-,27-25-,32-30-,33-31-,39-36-,40-37-,47-44-/t58-/m1/s1. The summed E-state index contributed by atoms with van der Waals surface area (Å²) >= 11 is 0. The molecular weight excluding hydrogens is 829 g/mol. The second-order valence-corrected chi connectivity index (χ2v) is 17.8. The van der Waals surface area contributed by atoms with Gasteiger partial charge in [0.25, 0.3) is 0 Å². The predicted octanol–water partition coefficient (Wildman–Crippen LogP) is 18.3. The second kappa shape index (κ2) is 54.7. The number of allylic oxidation sites excluding steroid dienone is 18. The van der Waals surface area contributed by atoms with E-state index in [0.717, 1.165) is 89.9 Å². The molecule has 0 amide bonds. The van der Waals surface area contributed by atoms with Crippen molar-refractivity contribution in [3.8, 4) is 0 Å². The van der Waals surface area contributed by atoms with Gasteiger partial charge in [-0.2, -0.15) is 0 Å². The number of esters is 3. The zero-order chi connectivity index (χ0) is 48.6. The normalized spacial score (nSPS) is 12.9. The lowest BCUT2D eigenvalue weighted by Crippen LogP contribution is -2.30. The van der Waals surface area contributed by atoms with Gasteiger partial charge in [-0.25, -0.2) is 0 Å². The molecule has 0 aliphatic heterocycles. The molecule has 0 unspecified atom stereocenters. The zero-order valence-electron chi connectivity index (χ0n) is 43.4. The number of hydrogen-bond donors (Lipinski definition) is 0. The van der Waals surface area contributed by atoms with Crippen molar-refractivity contribution < 1.29 is 28.6 Å². The van der Waals surface area contributed by atoms with E-state index in [9.17, 15) is 14.4 Å². The molecule has 0 aliphatic carbocycles. The van der Waals surface area contributed by atoms with E-state index >= 15 is 0 Å². The first-order valence-electron chi connectivity index (χ1n) is 27.4. The number of ether oxygens (including phenoxy) is 3. The van der Waals surface area contributed by atoms with Crippen LogP contribution >= 0.6 is 0 Å². The average molecular weight is 929 g/mol. The quantitative estimate of drug-likeness (QED) is 0.0262. The zero-order valence-corrected chi connectivity index (χ0v) is 43.4. The first-order valence-corrected chi connectivity index (χ1v) is 27.4. The van der Waals surface area contributed by atoms with Crippen molar-refractivity contribution in [2.45, 2.75) is 245 Å². The maximum Gasteiger partial charge on any atom is 0.306 e. The van der Waals surface area contributed by atoms with E-state index in [4.69, 9.17) is 14.2 Å². The summed E-state index contributed by atoms with van der Waals surface area (Å²) in [4.78, 5) is 38.0. The van der Waals surface area contributed by atoms with Crippen LogP contribution in [0.1, 0.15) is 239 Å². The van der Waals surface area contributed by atoms with Gasteiger partial charge in [-0.05, 0) is 103 Å². The topological polar surface area (TPSA) is 78.9 Å². The van der Waals surface area contributed by atoms with Crippen molar-refractivity contribution in [2.24, 2.45) is 0 Å². The van der Waals surface area contributed by atoms with E-state index in [-0.39, 0.29) is 37.5 Å². The molecule has 0 aliphatic rings.